The maximum absolute atomic E-state index is 5.93. The molecule has 86 valence electrons. The van der Waals surface area contributed by atoms with Crippen LogP contribution >= 0.6 is 22.9 Å². The topological polar surface area (TPSA) is 26.5 Å². The van der Waals surface area contributed by atoms with Crippen molar-refractivity contribution in [1.29, 1.82) is 0 Å². The highest BCUT2D eigenvalue weighted by Gasteiger charge is 2.08. The standard InChI is InChI=1S/C12H9ClN2OS/c1-16-12-4-2-3-11-14-8(7-15(11)12)9-5-6-10(13)17-9/h2-7H,1H3. The summed E-state index contributed by atoms with van der Waals surface area (Å²) in [5.41, 5.74) is 1.77. The zero-order valence-corrected chi connectivity index (χ0v) is 10.6. The summed E-state index contributed by atoms with van der Waals surface area (Å²) in [6, 6.07) is 9.62. The van der Waals surface area contributed by atoms with Crippen LogP contribution in [0.25, 0.3) is 16.2 Å². The van der Waals surface area contributed by atoms with Gasteiger partial charge in [-0.3, -0.25) is 4.40 Å². The van der Waals surface area contributed by atoms with Gasteiger partial charge in [-0.2, -0.15) is 0 Å². The summed E-state index contributed by atoms with van der Waals surface area (Å²) in [5, 5.41) is 0. The Morgan fingerprint density at radius 3 is 2.88 bits per heavy atom. The maximum Gasteiger partial charge on any atom is 0.198 e. The SMILES string of the molecule is COc1cccc2nc(-c3ccc(Cl)s3)cn12. The van der Waals surface area contributed by atoms with E-state index in [2.05, 4.69) is 4.98 Å². The lowest BCUT2D eigenvalue weighted by Gasteiger charge is -2.01. The van der Waals surface area contributed by atoms with Gasteiger partial charge in [0.05, 0.1) is 22.0 Å². The number of nitrogens with zero attached hydrogens (tertiary/aromatic N) is 2. The molecule has 0 bridgehead atoms. The molecular formula is C12H9ClN2OS. The van der Waals surface area contributed by atoms with Gasteiger partial charge in [-0.15, -0.1) is 11.3 Å². The van der Waals surface area contributed by atoms with E-state index >= 15 is 0 Å². The zero-order valence-electron chi connectivity index (χ0n) is 9.05. The van der Waals surface area contributed by atoms with Crippen LogP contribution in [0.2, 0.25) is 4.34 Å². The molecule has 3 aromatic rings. The highest BCUT2D eigenvalue weighted by Crippen LogP contribution is 2.31. The lowest BCUT2D eigenvalue weighted by Crippen LogP contribution is -1.91. The summed E-state index contributed by atoms with van der Waals surface area (Å²) in [5.74, 6) is 0.768. The van der Waals surface area contributed by atoms with Crippen LogP contribution in [0.1, 0.15) is 0 Å². The Morgan fingerprint density at radius 2 is 2.18 bits per heavy atom. The van der Waals surface area contributed by atoms with E-state index in [1.807, 2.05) is 40.9 Å². The number of halogens is 1. The van der Waals surface area contributed by atoms with Crippen LogP contribution in [0.5, 0.6) is 5.88 Å². The highest BCUT2D eigenvalue weighted by molar-refractivity contribution is 7.19. The molecule has 0 fully saturated rings. The average molecular weight is 265 g/mol. The molecule has 0 spiro atoms. The lowest BCUT2D eigenvalue weighted by molar-refractivity contribution is 0.392. The molecule has 3 nitrogen and oxygen atoms in total. The van der Waals surface area contributed by atoms with E-state index in [-0.39, 0.29) is 0 Å². The molecule has 5 heteroatoms. The van der Waals surface area contributed by atoms with Crippen LogP contribution < -0.4 is 4.74 Å². The van der Waals surface area contributed by atoms with Crippen LogP contribution in [-0.4, -0.2) is 16.5 Å². The van der Waals surface area contributed by atoms with Crippen LogP contribution in [0.3, 0.4) is 0 Å². The normalized spacial score (nSPS) is 10.9. The molecular weight excluding hydrogens is 256 g/mol. The van der Waals surface area contributed by atoms with Crippen molar-refractivity contribution in [3.05, 3.63) is 40.9 Å². The average Bonchev–Trinajstić information content (AvgIpc) is 2.93. The van der Waals surface area contributed by atoms with Crippen LogP contribution in [0.4, 0.5) is 0 Å². The highest BCUT2D eigenvalue weighted by atomic mass is 35.5. The number of thiophene rings is 1. The smallest absolute Gasteiger partial charge is 0.198 e. The number of hydrogen-bond donors (Lipinski definition) is 0. The largest absolute Gasteiger partial charge is 0.482 e. The predicted octanol–water partition coefficient (Wildman–Crippen LogP) is 3.72. The van der Waals surface area contributed by atoms with Crippen molar-refractivity contribution >= 4 is 28.6 Å². The maximum atomic E-state index is 5.93. The van der Waals surface area contributed by atoms with Crippen molar-refractivity contribution < 1.29 is 4.74 Å². The molecule has 0 atom stereocenters. The van der Waals surface area contributed by atoms with Gasteiger partial charge in [0, 0.05) is 6.20 Å². The van der Waals surface area contributed by atoms with Gasteiger partial charge in [0.15, 0.2) is 5.88 Å². The number of aromatic nitrogens is 2. The fourth-order valence-corrected chi connectivity index (χ4v) is 2.72. The van der Waals surface area contributed by atoms with Gasteiger partial charge >= 0.3 is 0 Å². The molecule has 3 heterocycles. The third kappa shape index (κ3) is 1.79. The number of methoxy groups -OCH3 is 1. The molecule has 0 radical (unpaired) electrons. The molecule has 0 aromatic carbocycles. The Kier molecular flexibility index (Phi) is 2.53. The van der Waals surface area contributed by atoms with Gasteiger partial charge in [-0.1, -0.05) is 17.7 Å². The Morgan fingerprint density at radius 1 is 1.29 bits per heavy atom. The van der Waals surface area contributed by atoms with E-state index in [1.54, 1.807) is 7.11 Å². The number of pyridine rings is 1. The predicted molar refractivity (Wildman–Crippen MR) is 70.1 cm³/mol. The minimum Gasteiger partial charge on any atom is -0.482 e. The monoisotopic (exact) mass is 264 g/mol. The van der Waals surface area contributed by atoms with Crippen molar-refractivity contribution in [2.75, 3.05) is 7.11 Å². The van der Waals surface area contributed by atoms with Crippen LogP contribution in [-0.2, 0) is 0 Å². The first-order valence-corrected chi connectivity index (χ1v) is 6.25. The number of rotatable bonds is 2. The van der Waals surface area contributed by atoms with E-state index in [9.17, 15) is 0 Å². The molecule has 0 aliphatic rings. The second kappa shape index (κ2) is 4.05. The molecule has 3 aromatic heterocycles. The van der Waals surface area contributed by atoms with E-state index < -0.39 is 0 Å². The molecule has 17 heavy (non-hydrogen) atoms. The number of hydrogen-bond acceptors (Lipinski definition) is 3. The third-order valence-electron chi connectivity index (χ3n) is 2.49. The summed E-state index contributed by atoms with van der Waals surface area (Å²) in [6.07, 6.45) is 1.95. The summed E-state index contributed by atoms with van der Waals surface area (Å²) in [7, 11) is 1.65. The van der Waals surface area contributed by atoms with Gasteiger partial charge in [0.1, 0.15) is 5.65 Å². The van der Waals surface area contributed by atoms with Crippen molar-refractivity contribution in [3.8, 4) is 16.5 Å². The van der Waals surface area contributed by atoms with Gasteiger partial charge < -0.3 is 4.74 Å². The first-order valence-electron chi connectivity index (χ1n) is 5.06. The van der Waals surface area contributed by atoms with Gasteiger partial charge in [0.25, 0.3) is 0 Å². The molecule has 0 aliphatic carbocycles. The zero-order chi connectivity index (χ0) is 11.8. The minimum atomic E-state index is 0.768. The molecule has 0 N–H and O–H groups in total. The second-order valence-corrected chi connectivity index (χ2v) is 5.24. The number of imidazole rings is 1. The van der Waals surface area contributed by atoms with E-state index in [4.69, 9.17) is 16.3 Å². The molecule has 0 saturated carbocycles. The first kappa shape index (κ1) is 10.6. The number of ether oxygens (including phenoxy) is 1. The Bertz CT molecular complexity index is 674. The first-order chi connectivity index (χ1) is 8.28. The summed E-state index contributed by atoms with van der Waals surface area (Å²) in [6.45, 7) is 0. The summed E-state index contributed by atoms with van der Waals surface area (Å²) in [4.78, 5) is 5.60. The molecule has 0 unspecified atom stereocenters. The van der Waals surface area contributed by atoms with E-state index in [0.29, 0.717) is 0 Å². The fraction of sp³-hybridized carbons (Fsp3) is 0.0833. The van der Waals surface area contributed by atoms with Gasteiger partial charge in [-0.05, 0) is 24.3 Å². The quantitative estimate of drug-likeness (QED) is 0.705. The van der Waals surface area contributed by atoms with Gasteiger partial charge in [0.2, 0.25) is 0 Å². The van der Waals surface area contributed by atoms with Crippen LogP contribution in [0.15, 0.2) is 36.5 Å². The van der Waals surface area contributed by atoms with Crippen molar-refractivity contribution in [2.24, 2.45) is 0 Å². The van der Waals surface area contributed by atoms with E-state index in [0.717, 1.165) is 26.4 Å². The molecule has 0 amide bonds. The van der Waals surface area contributed by atoms with Crippen molar-refractivity contribution in [2.45, 2.75) is 0 Å². The molecule has 3 rings (SSSR count). The summed E-state index contributed by atoms with van der Waals surface area (Å²) < 4.78 is 7.97. The Hall–Kier alpha value is -1.52. The Balaban J connectivity index is 2.19. The second-order valence-electron chi connectivity index (χ2n) is 3.53. The Labute approximate surface area is 107 Å². The third-order valence-corrected chi connectivity index (χ3v) is 3.74. The van der Waals surface area contributed by atoms with Gasteiger partial charge in [-0.25, -0.2) is 4.98 Å². The van der Waals surface area contributed by atoms with Crippen molar-refractivity contribution in [3.63, 3.8) is 0 Å². The molecule has 0 saturated heterocycles. The fourth-order valence-electron chi connectivity index (χ4n) is 1.72. The minimum absolute atomic E-state index is 0.768. The number of fused-ring (bicyclic) bond motifs is 1. The van der Waals surface area contributed by atoms with Crippen molar-refractivity contribution in [1.82, 2.24) is 9.38 Å². The van der Waals surface area contributed by atoms with Crippen LogP contribution in [0, 0.1) is 0 Å². The molecule has 0 aliphatic heterocycles. The lowest BCUT2D eigenvalue weighted by atomic mass is 10.4. The van der Waals surface area contributed by atoms with E-state index in [1.165, 1.54) is 11.3 Å². The summed E-state index contributed by atoms with van der Waals surface area (Å²) >= 11 is 7.45.